The zero-order valence-electron chi connectivity index (χ0n) is 18.3. The molecule has 6 heteroatoms. The summed E-state index contributed by atoms with van der Waals surface area (Å²) in [4.78, 5) is 26.2. The van der Waals surface area contributed by atoms with Crippen molar-refractivity contribution in [2.45, 2.75) is 63.4 Å². The Balaban J connectivity index is 1.18. The zero-order valence-corrected chi connectivity index (χ0v) is 18.3. The van der Waals surface area contributed by atoms with Gasteiger partial charge in [0, 0.05) is 19.7 Å². The van der Waals surface area contributed by atoms with Gasteiger partial charge in [-0.05, 0) is 98.3 Å². The number of benzene rings is 1. The molecule has 4 aliphatic rings. The largest absolute Gasteiger partial charge is 0.496 e. The van der Waals surface area contributed by atoms with Crippen LogP contribution in [0, 0.1) is 17.3 Å². The smallest absolute Gasteiger partial charge is 0.335 e. The number of carboxylic acid groups (broad SMARTS) is 1. The third kappa shape index (κ3) is 3.84. The highest BCUT2D eigenvalue weighted by Gasteiger charge is 2.60. The Hall–Kier alpha value is -2.08. The van der Waals surface area contributed by atoms with E-state index in [1.807, 2.05) is 0 Å². The third-order valence-corrected chi connectivity index (χ3v) is 8.41. The van der Waals surface area contributed by atoms with E-state index in [-0.39, 0.29) is 12.0 Å². The molecule has 1 amide bonds. The minimum absolute atomic E-state index is 0.195. The molecule has 0 unspecified atom stereocenters. The summed E-state index contributed by atoms with van der Waals surface area (Å²) in [5.74, 6) is 1.96. The van der Waals surface area contributed by atoms with Gasteiger partial charge in [0.2, 0.25) is 0 Å². The standard InChI is InChI=1S/C25H33NO5/c1-30-21-9-8-18(24(28)29)13-19(21)16-4-6-17(7-5-16)20-14-25(20)10-11-26(15-25)23(27)22-3-2-12-31-22/h8-9,13,16-17,20,22H,2-7,10-12,14-15H2,1H3,(H,28,29)/t16?,17?,20-,22-,25-/m1/s1. The predicted octanol–water partition coefficient (Wildman–Crippen LogP) is 4.08. The summed E-state index contributed by atoms with van der Waals surface area (Å²) in [6, 6.07) is 5.21. The van der Waals surface area contributed by atoms with Gasteiger partial charge in [-0.2, -0.15) is 0 Å². The van der Waals surface area contributed by atoms with Gasteiger partial charge in [-0.15, -0.1) is 0 Å². The molecule has 31 heavy (non-hydrogen) atoms. The van der Waals surface area contributed by atoms with Crippen molar-refractivity contribution >= 4 is 11.9 Å². The molecule has 168 valence electrons. The molecule has 1 aromatic carbocycles. The Bertz CT molecular complexity index is 855. The number of hydrogen-bond acceptors (Lipinski definition) is 4. The van der Waals surface area contributed by atoms with Crippen LogP contribution < -0.4 is 4.74 Å². The summed E-state index contributed by atoms with van der Waals surface area (Å²) >= 11 is 0. The summed E-state index contributed by atoms with van der Waals surface area (Å²) in [5, 5.41) is 9.37. The number of rotatable bonds is 5. The number of carboxylic acids is 1. The fourth-order valence-corrected chi connectivity index (χ4v) is 6.59. The van der Waals surface area contributed by atoms with Gasteiger partial charge < -0.3 is 19.5 Å². The molecule has 0 radical (unpaired) electrons. The lowest BCUT2D eigenvalue weighted by atomic mass is 9.75. The molecule has 6 nitrogen and oxygen atoms in total. The molecule has 2 saturated heterocycles. The van der Waals surface area contributed by atoms with Crippen LogP contribution in [-0.4, -0.2) is 54.8 Å². The maximum Gasteiger partial charge on any atom is 0.335 e. The summed E-state index contributed by atoms with van der Waals surface area (Å²) in [6.45, 7) is 2.54. The fourth-order valence-electron chi connectivity index (χ4n) is 6.59. The molecule has 0 aromatic heterocycles. The first-order valence-electron chi connectivity index (χ1n) is 11.8. The number of amides is 1. The van der Waals surface area contributed by atoms with Gasteiger partial charge in [0.15, 0.2) is 0 Å². The van der Waals surface area contributed by atoms with Gasteiger partial charge in [-0.1, -0.05) is 0 Å². The molecule has 0 bridgehead atoms. The summed E-state index contributed by atoms with van der Waals surface area (Å²) in [7, 11) is 1.66. The van der Waals surface area contributed by atoms with Crippen molar-refractivity contribution < 1.29 is 24.2 Å². The molecule has 2 aliphatic heterocycles. The van der Waals surface area contributed by atoms with E-state index in [0.717, 1.165) is 74.9 Å². The lowest BCUT2D eigenvalue weighted by Crippen LogP contribution is -2.37. The second-order valence-electron chi connectivity index (χ2n) is 10.1. The van der Waals surface area contributed by atoms with Crippen LogP contribution in [0.3, 0.4) is 0 Å². The van der Waals surface area contributed by atoms with E-state index in [0.29, 0.717) is 16.9 Å². The van der Waals surface area contributed by atoms with Crippen molar-refractivity contribution in [3.63, 3.8) is 0 Å². The first kappa shape index (κ1) is 20.8. The normalized spacial score (nSPS) is 34.8. The van der Waals surface area contributed by atoms with Gasteiger partial charge in [0.05, 0.1) is 12.7 Å². The average Bonchev–Trinajstić information content (AvgIpc) is 3.14. The van der Waals surface area contributed by atoms with Crippen molar-refractivity contribution in [1.82, 2.24) is 4.90 Å². The third-order valence-electron chi connectivity index (χ3n) is 8.41. The van der Waals surface area contributed by atoms with Crippen LogP contribution in [0.5, 0.6) is 5.75 Å². The van der Waals surface area contributed by atoms with Gasteiger partial charge in [-0.3, -0.25) is 4.79 Å². The second kappa shape index (κ2) is 8.12. The Morgan fingerprint density at radius 2 is 2.00 bits per heavy atom. The SMILES string of the molecule is COc1ccc(C(=O)O)cc1C1CCC([C@H]2C[C@@]23CCN(C(=O)[C@H]2CCCO2)C3)CC1. The van der Waals surface area contributed by atoms with Crippen LogP contribution in [0.2, 0.25) is 0 Å². The number of ether oxygens (including phenoxy) is 2. The minimum atomic E-state index is -0.888. The fraction of sp³-hybridized carbons (Fsp3) is 0.680. The van der Waals surface area contributed by atoms with E-state index in [1.165, 1.54) is 19.3 Å². The van der Waals surface area contributed by atoms with Crippen molar-refractivity contribution in [2.24, 2.45) is 17.3 Å². The lowest BCUT2D eigenvalue weighted by molar-refractivity contribution is -0.140. The van der Waals surface area contributed by atoms with E-state index in [2.05, 4.69) is 4.90 Å². The van der Waals surface area contributed by atoms with E-state index < -0.39 is 5.97 Å². The molecule has 2 saturated carbocycles. The summed E-state index contributed by atoms with van der Waals surface area (Å²) < 4.78 is 11.1. The summed E-state index contributed by atoms with van der Waals surface area (Å²) in [5.41, 5.74) is 1.73. The topological polar surface area (TPSA) is 76.1 Å². The molecule has 1 aromatic rings. The van der Waals surface area contributed by atoms with Gasteiger partial charge >= 0.3 is 5.97 Å². The Labute approximate surface area is 183 Å². The monoisotopic (exact) mass is 427 g/mol. The molecule has 3 atom stereocenters. The van der Waals surface area contributed by atoms with Crippen LogP contribution in [0.1, 0.15) is 73.2 Å². The quantitative estimate of drug-likeness (QED) is 0.766. The Kier molecular flexibility index (Phi) is 5.45. The van der Waals surface area contributed by atoms with E-state index in [4.69, 9.17) is 9.47 Å². The summed E-state index contributed by atoms with van der Waals surface area (Å²) in [6.07, 6.45) is 8.60. The highest BCUT2D eigenvalue weighted by atomic mass is 16.5. The maximum absolute atomic E-state index is 12.7. The van der Waals surface area contributed by atoms with Crippen molar-refractivity contribution in [2.75, 3.05) is 26.8 Å². The molecule has 2 aliphatic carbocycles. The molecular weight excluding hydrogens is 394 g/mol. The van der Waals surface area contributed by atoms with Crippen molar-refractivity contribution in [3.8, 4) is 5.75 Å². The number of hydrogen-bond donors (Lipinski definition) is 1. The first-order valence-corrected chi connectivity index (χ1v) is 11.8. The Morgan fingerprint density at radius 3 is 2.68 bits per heavy atom. The Morgan fingerprint density at radius 1 is 1.19 bits per heavy atom. The zero-order chi connectivity index (χ0) is 21.6. The number of aromatic carboxylic acids is 1. The lowest BCUT2D eigenvalue weighted by Gasteiger charge is -2.31. The van der Waals surface area contributed by atoms with Crippen LogP contribution in [0.4, 0.5) is 0 Å². The molecular formula is C25H33NO5. The molecule has 5 rings (SSSR count). The molecule has 1 N–H and O–H groups in total. The first-order chi connectivity index (χ1) is 15.0. The number of carbonyl (C=O) groups is 2. The van der Waals surface area contributed by atoms with E-state index >= 15 is 0 Å². The number of carbonyl (C=O) groups excluding carboxylic acids is 1. The highest BCUT2D eigenvalue weighted by Crippen LogP contribution is 2.64. The van der Waals surface area contributed by atoms with Gasteiger partial charge in [0.1, 0.15) is 11.9 Å². The number of likely N-dealkylation sites (tertiary alicyclic amines) is 1. The second-order valence-corrected chi connectivity index (χ2v) is 10.1. The maximum atomic E-state index is 12.7. The van der Waals surface area contributed by atoms with Crippen molar-refractivity contribution in [1.29, 1.82) is 0 Å². The predicted molar refractivity (Wildman–Crippen MR) is 115 cm³/mol. The minimum Gasteiger partial charge on any atom is -0.496 e. The average molecular weight is 428 g/mol. The van der Waals surface area contributed by atoms with Crippen LogP contribution >= 0.6 is 0 Å². The molecule has 2 heterocycles. The van der Waals surface area contributed by atoms with E-state index in [1.54, 1.807) is 25.3 Å². The van der Waals surface area contributed by atoms with Crippen LogP contribution in [-0.2, 0) is 9.53 Å². The highest BCUT2D eigenvalue weighted by molar-refractivity contribution is 5.88. The van der Waals surface area contributed by atoms with Crippen molar-refractivity contribution in [3.05, 3.63) is 29.3 Å². The number of methoxy groups -OCH3 is 1. The molecule has 4 fully saturated rings. The molecule has 1 spiro atoms. The number of nitrogens with zero attached hydrogens (tertiary/aromatic N) is 1. The van der Waals surface area contributed by atoms with E-state index in [9.17, 15) is 14.7 Å². The van der Waals surface area contributed by atoms with Gasteiger partial charge in [0.25, 0.3) is 5.91 Å². The van der Waals surface area contributed by atoms with Crippen LogP contribution in [0.25, 0.3) is 0 Å². The van der Waals surface area contributed by atoms with Gasteiger partial charge in [-0.25, -0.2) is 4.79 Å². The van der Waals surface area contributed by atoms with Crippen LogP contribution in [0.15, 0.2) is 18.2 Å².